The molecule has 0 spiro atoms. The predicted molar refractivity (Wildman–Crippen MR) is 126 cm³/mol. The zero-order chi connectivity index (χ0) is 21.9. The van der Waals surface area contributed by atoms with Crippen molar-refractivity contribution in [2.24, 2.45) is 0 Å². The van der Waals surface area contributed by atoms with Gasteiger partial charge >= 0.3 is 0 Å². The van der Waals surface area contributed by atoms with Crippen molar-refractivity contribution < 1.29 is 4.79 Å². The summed E-state index contributed by atoms with van der Waals surface area (Å²) in [5, 5.41) is 0. The molecule has 168 valence electrons. The van der Waals surface area contributed by atoms with E-state index in [1.165, 1.54) is 12.0 Å². The highest BCUT2D eigenvalue weighted by atomic mass is 16.2. The van der Waals surface area contributed by atoms with Crippen LogP contribution >= 0.6 is 0 Å². The lowest BCUT2D eigenvalue weighted by molar-refractivity contribution is -0.139. The third-order valence-electron chi connectivity index (χ3n) is 7.20. The summed E-state index contributed by atoms with van der Waals surface area (Å²) in [6.45, 7) is 2.67. The van der Waals surface area contributed by atoms with E-state index in [2.05, 4.69) is 62.8 Å². The van der Waals surface area contributed by atoms with Crippen molar-refractivity contribution in [1.29, 1.82) is 0 Å². The Morgan fingerprint density at radius 2 is 1.78 bits per heavy atom. The minimum Gasteiger partial charge on any atom is -0.341 e. The number of imidazole rings is 1. The second-order valence-electron chi connectivity index (χ2n) is 9.28. The second kappa shape index (κ2) is 9.41. The summed E-state index contributed by atoms with van der Waals surface area (Å²) in [7, 11) is 2.09. The fraction of sp³-hybridized carbons (Fsp3) is 0.500. The lowest BCUT2D eigenvalue weighted by Gasteiger charge is -2.39. The third kappa shape index (κ3) is 4.29. The number of benzene rings is 1. The first-order chi connectivity index (χ1) is 15.7. The normalized spacial score (nSPS) is 20.7. The lowest BCUT2D eigenvalue weighted by atomic mass is 9.99. The van der Waals surface area contributed by atoms with E-state index < -0.39 is 0 Å². The van der Waals surface area contributed by atoms with E-state index >= 15 is 0 Å². The Morgan fingerprint density at radius 1 is 0.969 bits per heavy atom. The standard InChI is InChI=1S/C26H33N5O/c1-29-17-6-5-11-23(29)26(32)30-18-14-21(15-19-30)31-24(13-12-20-8-3-2-4-9-20)28-22-10-7-16-27-25(22)31/h2-4,7-10,16,21,23H,5-6,11-15,17-19H2,1H3/t23-/m1/s1. The number of pyridine rings is 1. The van der Waals surface area contributed by atoms with Crippen LogP contribution in [0, 0.1) is 0 Å². The van der Waals surface area contributed by atoms with Crippen molar-refractivity contribution in [3.8, 4) is 0 Å². The highest BCUT2D eigenvalue weighted by Gasteiger charge is 2.33. The van der Waals surface area contributed by atoms with E-state index in [4.69, 9.17) is 4.98 Å². The molecule has 2 saturated heterocycles. The number of likely N-dealkylation sites (tertiary alicyclic amines) is 2. The van der Waals surface area contributed by atoms with Crippen molar-refractivity contribution in [1.82, 2.24) is 24.3 Å². The minimum absolute atomic E-state index is 0.0671. The van der Waals surface area contributed by atoms with Crippen LogP contribution in [0.5, 0.6) is 0 Å². The molecule has 4 heterocycles. The molecule has 1 atom stereocenters. The topological polar surface area (TPSA) is 54.3 Å². The Bertz CT molecular complexity index is 1050. The van der Waals surface area contributed by atoms with Gasteiger partial charge in [-0.05, 0) is 63.4 Å². The van der Waals surface area contributed by atoms with Crippen LogP contribution in [0.25, 0.3) is 11.2 Å². The molecule has 6 nitrogen and oxygen atoms in total. The van der Waals surface area contributed by atoms with Gasteiger partial charge < -0.3 is 9.47 Å². The smallest absolute Gasteiger partial charge is 0.239 e. The summed E-state index contributed by atoms with van der Waals surface area (Å²) in [6.07, 6.45) is 9.00. The highest BCUT2D eigenvalue weighted by molar-refractivity contribution is 5.82. The van der Waals surface area contributed by atoms with Crippen molar-refractivity contribution in [3.05, 3.63) is 60.0 Å². The number of piperidine rings is 2. The summed E-state index contributed by atoms with van der Waals surface area (Å²) in [5.41, 5.74) is 3.28. The molecule has 2 fully saturated rings. The monoisotopic (exact) mass is 431 g/mol. The summed E-state index contributed by atoms with van der Waals surface area (Å²) >= 11 is 0. The summed E-state index contributed by atoms with van der Waals surface area (Å²) in [5.74, 6) is 1.43. The van der Waals surface area contributed by atoms with Crippen LogP contribution in [-0.4, -0.2) is 63.0 Å². The quantitative estimate of drug-likeness (QED) is 0.616. The van der Waals surface area contributed by atoms with Gasteiger partial charge in [0.25, 0.3) is 0 Å². The van der Waals surface area contributed by atoms with Gasteiger partial charge in [-0.1, -0.05) is 36.8 Å². The number of aromatic nitrogens is 3. The van der Waals surface area contributed by atoms with Gasteiger partial charge in [0, 0.05) is 31.7 Å². The molecule has 0 aliphatic carbocycles. The molecule has 0 radical (unpaired) electrons. The molecule has 0 bridgehead atoms. The van der Waals surface area contributed by atoms with Crippen LogP contribution in [0.4, 0.5) is 0 Å². The second-order valence-corrected chi connectivity index (χ2v) is 9.28. The average molecular weight is 432 g/mol. The SMILES string of the molecule is CN1CCCC[C@@H]1C(=O)N1CCC(n2c(CCc3ccccc3)nc3cccnc32)CC1. The van der Waals surface area contributed by atoms with Crippen molar-refractivity contribution in [2.75, 3.05) is 26.7 Å². The van der Waals surface area contributed by atoms with Gasteiger partial charge in [-0.2, -0.15) is 0 Å². The van der Waals surface area contributed by atoms with Gasteiger partial charge in [0.15, 0.2) is 5.65 Å². The molecule has 1 aromatic carbocycles. The number of aryl methyl sites for hydroxylation is 2. The van der Waals surface area contributed by atoms with Gasteiger partial charge in [-0.15, -0.1) is 0 Å². The highest BCUT2D eigenvalue weighted by Crippen LogP contribution is 2.29. The Kier molecular flexibility index (Phi) is 6.21. The van der Waals surface area contributed by atoms with Gasteiger partial charge in [0.2, 0.25) is 5.91 Å². The number of carbonyl (C=O) groups excluding carboxylic acids is 1. The maximum Gasteiger partial charge on any atom is 0.239 e. The number of hydrogen-bond acceptors (Lipinski definition) is 4. The third-order valence-corrected chi connectivity index (χ3v) is 7.20. The number of fused-ring (bicyclic) bond motifs is 1. The van der Waals surface area contributed by atoms with Crippen LogP contribution in [0.2, 0.25) is 0 Å². The van der Waals surface area contributed by atoms with Crippen LogP contribution in [0.3, 0.4) is 0 Å². The molecular formula is C26H33N5O. The van der Waals surface area contributed by atoms with E-state index in [9.17, 15) is 4.79 Å². The minimum atomic E-state index is 0.0671. The first kappa shape index (κ1) is 21.1. The first-order valence-corrected chi connectivity index (χ1v) is 12.1. The molecule has 6 heteroatoms. The van der Waals surface area contributed by atoms with Gasteiger partial charge in [0.1, 0.15) is 11.3 Å². The van der Waals surface area contributed by atoms with Gasteiger partial charge in [-0.3, -0.25) is 9.69 Å². The van der Waals surface area contributed by atoms with Crippen LogP contribution < -0.4 is 0 Å². The summed E-state index contributed by atoms with van der Waals surface area (Å²) in [4.78, 5) is 27.1. The zero-order valence-corrected chi connectivity index (χ0v) is 19.0. The van der Waals surface area contributed by atoms with E-state index in [1.807, 2.05) is 12.3 Å². The maximum atomic E-state index is 13.1. The fourth-order valence-electron chi connectivity index (χ4n) is 5.38. The fourth-order valence-corrected chi connectivity index (χ4v) is 5.38. The number of nitrogens with zero attached hydrogens (tertiary/aromatic N) is 5. The molecule has 2 aliphatic heterocycles. The largest absolute Gasteiger partial charge is 0.341 e. The number of hydrogen-bond donors (Lipinski definition) is 0. The van der Waals surface area contributed by atoms with E-state index in [1.54, 1.807) is 0 Å². The Hall–Kier alpha value is -2.73. The molecule has 1 amide bonds. The van der Waals surface area contributed by atoms with E-state index in [0.29, 0.717) is 11.9 Å². The predicted octanol–water partition coefficient (Wildman–Crippen LogP) is 3.86. The van der Waals surface area contributed by atoms with Crippen molar-refractivity contribution >= 4 is 17.1 Å². The van der Waals surface area contributed by atoms with E-state index in [-0.39, 0.29) is 6.04 Å². The molecule has 0 unspecified atom stereocenters. The zero-order valence-electron chi connectivity index (χ0n) is 19.0. The lowest BCUT2D eigenvalue weighted by Crippen LogP contribution is -2.51. The number of carbonyl (C=O) groups is 1. The van der Waals surface area contributed by atoms with Crippen molar-refractivity contribution in [3.63, 3.8) is 0 Å². The summed E-state index contributed by atoms with van der Waals surface area (Å²) < 4.78 is 2.37. The Labute approximate surface area is 190 Å². The number of rotatable bonds is 5. The first-order valence-electron chi connectivity index (χ1n) is 12.1. The molecule has 2 aliphatic rings. The van der Waals surface area contributed by atoms with Crippen LogP contribution in [0.1, 0.15) is 49.5 Å². The van der Waals surface area contributed by atoms with Crippen LogP contribution in [0.15, 0.2) is 48.7 Å². The molecule has 0 N–H and O–H groups in total. The molecule has 2 aromatic heterocycles. The molecule has 3 aromatic rings. The maximum absolute atomic E-state index is 13.1. The van der Waals surface area contributed by atoms with Crippen molar-refractivity contribution in [2.45, 2.75) is 57.0 Å². The molecule has 5 rings (SSSR count). The van der Waals surface area contributed by atoms with Gasteiger partial charge in [-0.25, -0.2) is 9.97 Å². The molecule has 32 heavy (non-hydrogen) atoms. The molecular weight excluding hydrogens is 398 g/mol. The number of likely N-dealkylation sites (N-methyl/N-ethyl adjacent to an activating group) is 1. The van der Waals surface area contributed by atoms with E-state index in [0.717, 1.165) is 75.1 Å². The van der Waals surface area contributed by atoms with Crippen LogP contribution in [-0.2, 0) is 17.6 Å². The Balaban J connectivity index is 1.32. The average Bonchev–Trinajstić information content (AvgIpc) is 3.22. The molecule has 0 saturated carbocycles. The summed E-state index contributed by atoms with van der Waals surface area (Å²) in [6, 6.07) is 15.0. The number of amides is 1. The Morgan fingerprint density at radius 3 is 2.56 bits per heavy atom. The van der Waals surface area contributed by atoms with Gasteiger partial charge in [0.05, 0.1) is 6.04 Å².